The van der Waals surface area contributed by atoms with Gasteiger partial charge in [0.2, 0.25) is 0 Å². The molecule has 0 aliphatic heterocycles. The quantitative estimate of drug-likeness (QED) is 0.461. The lowest BCUT2D eigenvalue weighted by atomic mass is 10.2. The Balaban J connectivity index is 1.88. The third-order valence-corrected chi connectivity index (χ3v) is 6.79. The zero-order valence-corrected chi connectivity index (χ0v) is 17.7. The number of benzene rings is 2. The molecule has 3 rings (SSSR count). The Morgan fingerprint density at radius 1 is 1.07 bits per heavy atom. The second-order valence-corrected chi connectivity index (χ2v) is 9.26. The van der Waals surface area contributed by atoms with E-state index in [0.717, 1.165) is 20.3 Å². The summed E-state index contributed by atoms with van der Waals surface area (Å²) in [7, 11) is -3.93. The van der Waals surface area contributed by atoms with Crippen LogP contribution >= 0.6 is 11.3 Å². The first-order chi connectivity index (χ1) is 13.9. The van der Waals surface area contributed by atoms with Crippen LogP contribution in [0.25, 0.3) is 0 Å². The highest BCUT2D eigenvalue weighted by Gasteiger charge is 2.28. The summed E-state index contributed by atoms with van der Waals surface area (Å²) in [5.74, 6) is -0.531. The molecular formula is C21H21N3O3S2. The largest absolute Gasteiger partial charge is 0.271 e. The van der Waals surface area contributed by atoms with Gasteiger partial charge in [0.1, 0.15) is 6.54 Å². The molecular weight excluding hydrogens is 406 g/mol. The lowest BCUT2D eigenvalue weighted by Gasteiger charge is -2.25. The highest BCUT2D eigenvalue weighted by atomic mass is 32.2. The number of carbonyl (C=O) groups is 1. The molecule has 0 atom stereocenters. The highest BCUT2D eigenvalue weighted by molar-refractivity contribution is 7.92. The van der Waals surface area contributed by atoms with E-state index in [1.165, 1.54) is 17.6 Å². The average Bonchev–Trinajstić information content (AvgIpc) is 3.20. The standard InChI is InChI=1S/C21H21N3O3S2/c1-16-9-11-19(12-10-16)29(26,27)24(20-8-4-3-6-17(20)2)15-21(25)23-22-14-18-7-5-13-28-18/h3-14H,15H2,1-2H3,(H,23,25)/b22-14-. The van der Waals surface area contributed by atoms with Gasteiger partial charge in [-0.2, -0.15) is 5.10 Å². The maximum Gasteiger partial charge on any atom is 0.264 e. The fourth-order valence-electron chi connectivity index (χ4n) is 2.68. The molecule has 0 spiro atoms. The molecule has 150 valence electrons. The first kappa shape index (κ1) is 20.8. The van der Waals surface area contributed by atoms with E-state index in [0.29, 0.717) is 5.69 Å². The predicted molar refractivity (Wildman–Crippen MR) is 117 cm³/mol. The Morgan fingerprint density at radius 3 is 2.45 bits per heavy atom. The number of thiophene rings is 1. The van der Waals surface area contributed by atoms with Gasteiger partial charge in [0, 0.05) is 4.88 Å². The van der Waals surface area contributed by atoms with E-state index in [9.17, 15) is 13.2 Å². The molecule has 0 radical (unpaired) electrons. The zero-order valence-electron chi connectivity index (χ0n) is 16.1. The normalized spacial score (nSPS) is 11.5. The van der Waals surface area contributed by atoms with E-state index < -0.39 is 15.9 Å². The minimum atomic E-state index is -3.93. The van der Waals surface area contributed by atoms with Crippen molar-refractivity contribution in [2.45, 2.75) is 18.7 Å². The van der Waals surface area contributed by atoms with E-state index in [1.807, 2.05) is 30.5 Å². The van der Waals surface area contributed by atoms with Crippen molar-refractivity contribution in [2.75, 3.05) is 10.8 Å². The number of nitrogens with zero attached hydrogens (tertiary/aromatic N) is 2. The predicted octanol–water partition coefficient (Wildman–Crippen LogP) is 3.71. The molecule has 2 aromatic carbocycles. The number of rotatable bonds is 7. The molecule has 6 nitrogen and oxygen atoms in total. The number of sulfonamides is 1. The van der Waals surface area contributed by atoms with E-state index in [1.54, 1.807) is 49.4 Å². The number of aryl methyl sites for hydroxylation is 2. The van der Waals surface area contributed by atoms with Crippen LogP contribution in [-0.2, 0) is 14.8 Å². The number of nitrogens with one attached hydrogen (secondary N) is 1. The Morgan fingerprint density at radius 2 is 1.79 bits per heavy atom. The lowest BCUT2D eigenvalue weighted by molar-refractivity contribution is -0.119. The molecule has 0 unspecified atom stereocenters. The van der Waals surface area contributed by atoms with Crippen LogP contribution in [0.15, 0.2) is 76.0 Å². The monoisotopic (exact) mass is 427 g/mol. The molecule has 29 heavy (non-hydrogen) atoms. The number of anilines is 1. The number of hydrazone groups is 1. The Labute approximate surface area is 174 Å². The van der Waals surface area contributed by atoms with Gasteiger partial charge in [0.25, 0.3) is 15.9 Å². The molecule has 1 aromatic heterocycles. The van der Waals surface area contributed by atoms with Crippen LogP contribution in [-0.4, -0.2) is 27.1 Å². The van der Waals surface area contributed by atoms with Crippen LogP contribution < -0.4 is 9.73 Å². The van der Waals surface area contributed by atoms with Gasteiger partial charge in [0.15, 0.2) is 0 Å². The van der Waals surface area contributed by atoms with Gasteiger partial charge in [-0.05, 0) is 49.1 Å². The molecule has 3 aromatic rings. The van der Waals surface area contributed by atoms with Crippen LogP contribution in [0.3, 0.4) is 0 Å². The molecule has 0 fully saturated rings. The summed E-state index contributed by atoms with van der Waals surface area (Å²) in [4.78, 5) is 13.5. The number of hydrogen-bond donors (Lipinski definition) is 1. The topological polar surface area (TPSA) is 78.8 Å². The van der Waals surface area contributed by atoms with Crippen molar-refractivity contribution >= 4 is 39.2 Å². The minimum Gasteiger partial charge on any atom is -0.271 e. The summed E-state index contributed by atoms with van der Waals surface area (Å²) < 4.78 is 27.7. The molecule has 8 heteroatoms. The van der Waals surface area contributed by atoms with Crippen molar-refractivity contribution in [1.82, 2.24) is 5.43 Å². The molecule has 0 saturated heterocycles. The second-order valence-electron chi connectivity index (χ2n) is 6.42. The Bertz CT molecular complexity index is 1110. The summed E-state index contributed by atoms with van der Waals surface area (Å²) in [6, 6.07) is 17.3. The average molecular weight is 428 g/mol. The molecule has 0 aliphatic rings. The number of hydrogen-bond acceptors (Lipinski definition) is 5. The van der Waals surface area contributed by atoms with Crippen LogP contribution in [0.1, 0.15) is 16.0 Å². The number of carbonyl (C=O) groups excluding carboxylic acids is 1. The summed E-state index contributed by atoms with van der Waals surface area (Å²) in [5, 5.41) is 5.81. The molecule has 1 amide bonds. The molecule has 0 aliphatic carbocycles. The smallest absolute Gasteiger partial charge is 0.264 e. The number of para-hydroxylation sites is 1. The van der Waals surface area contributed by atoms with Gasteiger partial charge < -0.3 is 0 Å². The van der Waals surface area contributed by atoms with Gasteiger partial charge in [-0.3, -0.25) is 9.10 Å². The number of amides is 1. The fourth-order valence-corrected chi connectivity index (χ4v) is 4.75. The van der Waals surface area contributed by atoms with Gasteiger partial charge in [-0.1, -0.05) is 42.0 Å². The maximum atomic E-state index is 13.3. The first-order valence-corrected chi connectivity index (χ1v) is 11.2. The van der Waals surface area contributed by atoms with Gasteiger partial charge >= 0.3 is 0 Å². The fraction of sp³-hybridized carbons (Fsp3) is 0.143. The first-order valence-electron chi connectivity index (χ1n) is 8.88. The molecule has 1 N–H and O–H groups in total. The summed E-state index contributed by atoms with van der Waals surface area (Å²) >= 11 is 1.48. The van der Waals surface area contributed by atoms with Crippen molar-refractivity contribution in [1.29, 1.82) is 0 Å². The van der Waals surface area contributed by atoms with Crippen molar-refractivity contribution < 1.29 is 13.2 Å². The third-order valence-electron chi connectivity index (χ3n) is 4.20. The minimum absolute atomic E-state index is 0.126. The maximum absolute atomic E-state index is 13.3. The SMILES string of the molecule is Cc1ccc(S(=O)(=O)N(CC(=O)N/N=C\c2cccs2)c2ccccc2C)cc1. The van der Waals surface area contributed by atoms with Crippen molar-refractivity contribution in [2.24, 2.45) is 5.10 Å². The Hall–Kier alpha value is -2.97. The summed E-state index contributed by atoms with van der Waals surface area (Å²) in [6.45, 7) is 3.30. The molecule has 0 bridgehead atoms. The van der Waals surface area contributed by atoms with Crippen molar-refractivity contribution in [3.63, 3.8) is 0 Å². The third kappa shape index (κ3) is 5.10. The van der Waals surface area contributed by atoms with Crippen molar-refractivity contribution in [3.05, 3.63) is 82.0 Å². The van der Waals surface area contributed by atoms with Gasteiger partial charge in [-0.25, -0.2) is 13.8 Å². The highest BCUT2D eigenvalue weighted by Crippen LogP contribution is 2.26. The van der Waals surface area contributed by atoms with Crippen LogP contribution in [0, 0.1) is 13.8 Å². The van der Waals surface area contributed by atoms with Gasteiger partial charge in [0.05, 0.1) is 16.8 Å². The van der Waals surface area contributed by atoms with E-state index in [2.05, 4.69) is 10.5 Å². The lowest BCUT2D eigenvalue weighted by Crippen LogP contribution is -2.40. The zero-order chi connectivity index (χ0) is 20.9. The van der Waals surface area contributed by atoms with E-state index in [4.69, 9.17) is 0 Å². The van der Waals surface area contributed by atoms with Crippen LogP contribution in [0.2, 0.25) is 0 Å². The Kier molecular flexibility index (Phi) is 6.46. The summed E-state index contributed by atoms with van der Waals surface area (Å²) in [5.41, 5.74) is 4.55. The van der Waals surface area contributed by atoms with Gasteiger partial charge in [-0.15, -0.1) is 11.3 Å². The van der Waals surface area contributed by atoms with E-state index in [-0.39, 0.29) is 11.4 Å². The molecule has 1 heterocycles. The van der Waals surface area contributed by atoms with Crippen LogP contribution in [0.4, 0.5) is 5.69 Å². The van der Waals surface area contributed by atoms with E-state index >= 15 is 0 Å². The van der Waals surface area contributed by atoms with Crippen molar-refractivity contribution in [3.8, 4) is 0 Å². The summed E-state index contributed by atoms with van der Waals surface area (Å²) in [6.07, 6.45) is 1.52. The second kappa shape index (κ2) is 9.02. The van der Waals surface area contributed by atoms with Crippen LogP contribution in [0.5, 0.6) is 0 Å². The molecule has 0 saturated carbocycles.